The normalized spacial score (nSPS) is 10.5. The van der Waals surface area contributed by atoms with Crippen molar-refractivity contribution >= 4 is 22.4 Å². The number of hydrogen-bond acceptors (Lipinski definition) is 1. The van der Waals surface area contributed by atoms with Crippen molar-refractivity contribution in [1.29, 1.82) is 0 Å². The summed E-state index contributed by atoms with van der Waals surface area (Å²) in [6, 6.07) is 17.9. The second kappa shape index (κ2) is 5.75. The third-order valence-electron chi connectivity index (χ3n) is 3.49. The minimum Gasteiger partial charge on any atom is -0.320 e. The van der Waals surface area contributed by atoms with E-state index in [-0.39, 0.29) is 5.91 Å². The third-order valence-corrected chi connectivity index (χ3v) is 3.49. The molecule has 3 rings (SSSR count). The average molecular weight is 277 g/mol. The highest BCUT2D eigenvalue weighted by atomic mass is 16.1. The fourth-order valence-electron chi connectivity index (χ4n) is 2.35. The van der Waals surface area contributed by atoms with Crippen LogP contribution in [0.25, 0.3) is 10.8 Å². The predicted molar refractivity (Wildman–Crippen MR) is 84.0 cm³/mol. The smallest absolute Gasteiger partial charge is 0.290 e. The molecular weight excluding hydrogens is 260 g/mol. The van der Waals surface area contributed by atoms with Crippen LogP contribution in [0, 0.1) is 6.92 Å². The highest BCUT2D eigenvalue weighted by Crippen LogP contribution is 2.13. The van der Waals surface area contributed by atoms with E-state index in [9.17, 15) is 4.79 Å². The van der Waals surface area contributed by atoms with Crippen LogP contribution in [0.5, 0.6) is 0 Å². The molecule has 1 amide bonds. The van der Waals surface area contributed by atoms with Crippen LogP contribution >= 0.6 is 0 Å². The largest absolute Gasteiger partial charge is 0.320 e. The first-order chi connectivity index (χ1) is 10.2. The molecule has 0 aliphatic heterocycles. The maximum Gasteiger partial charge on any atom is 0.290 e. The molecule has 104 valence electrons. The van der Waals surface area contributed by atoms with Crippen molar-refractivity contribution in [2.75, 3.05) is 5.32 Å². The first kappa shape index (κ1) is 13.3. The lowest BCUT2D eigenvalue weighted by atomic mass is 10.2. The van der Waals surface area contributed by atoms with Crippen LogP contribution in [-0.2, 0) is 11.3 Å². The number of nitrogens with zero attached hydrogens (tertiary/aromatic N) is 1. The highest BCUT2D eigenvalue weighted by molar-refractivity contribution is 5.90. The summed E-state index contributed by atoms with van der Waals surface area (Å²) in [5.74, 6) is -0.0235. The van der Waals surface area contributed by atoms with Crippen LogP contribution in [0.2, 0.25) is 0 Å². The molecule has 0 radical (unpaired) electrons. The van der Waals surface area contributed by atoms with Crippen LogP contribution < -0.4 is 9.88 Å². The Balaban J connectivity index is 1.75. The van der Waals surface area contributed by atoms with Crippen molar-refractivity contribution in [2.45, 2.75) is 13.5 Å². The van der Waals surface area contributed by atoms with Crippen molar-refractivity contribution in [2.24, 2.45) is 0 Å². The monoisotopic (exact) mass is 277 g/mol. The van der Waals surface area contributed by atoms with E-state index < -0.39 is 0 Å². The summed E-state index contributed by atoms with van der Waals surface area (Å²) >= 11 is 0. The number of fused-ring (bicyclic) bond motifs is 1. The van der Waals surface area contributed by atoms with Gasteiger partial charge in [0.2, 0.25) is 6.54 Å². The Hall–Kier alpha value is -2.68. The maximum absolute atomic E-state index is 12.1. The van der Waals surface area contributed by atoms with E-state index in [1.807, 2.05) is 72.4 Å². The molecule has 3 nitrogen and oxygen atoms in total. The van der Waals surface area contributed by atoms with Gasteiger partial charge in [-0.25, -0.2) is 0 Å². The van der Waals surface area contributed by atoms with Crippen LogP contribution in [-0.4, -0.2) is 5.91 Å². The van der Waals surface area contributed by atoms with E-state index in [1.54, 1.807) is 0 Å². The summed E-state index contributed by atoms with van der Waals surface area (Å²) < 4.78 is 1.90. The lowest BCUT2D eigenvalue weighted by Crippen LogP contribution is -2.39. The van der Waals surface area contributed by atoms with E-state index in [2.05, 4.69) is 11.4 Å². The van der Waals surface area contributed by atoms with Crippen molar-refractivity contribution < 1.29 is 9.36 Å². The number of hydrogen-bond donors (Lipinski definition) is 1. The molecule has 0 unspecified atom stereocenters. The number of aromatic nitrogens is 1. The fraction of sp³-hybridized carbons (Fsp3) is 0.111. The molecule has 0 aliphatic carbocycles. The van der Waals surface area contributed by atoms with Gasteiger partial charge in [0.25, 0.3) is 5.91 Å². The molecule has 0 aliphatic rings. The number of anilines is 1. The van der Waals surface area contributed by atoms with Crippen LogP contribution in [0.4, 0.5) is 5.69 Å². The molecule has 0 saturated heterocycles. The van der Waals surface area contributed by atoms with Crippen molar-refractivity contribution in [1.82, 2.24) is 0 Å². The number of pyridine rings is 1. The van der Waals surface area contributed by atoms with E-state index in [0.29, 0.717) is 6.54 Å². The number of benzene rings is 2. The Bertz CT molecular complexity index is 796. The minimum absolute atomic E-state index is 0.0235. The molecule has 0 fully saturated rings. The summed E-state index contributed by atoms with van der Waals surface area (Å²) in [6.45, 7) is 2.29. The summed E-state index contributed by atoms with van der Waals surface area (Å²) in [5.41, 5.74) is 1.93. The van der Waals surface area contributed by atoms with Gasteiger partial charge < -0.3 is 5.32 Å². The first-order valence-corrected chi connectivity index (χ1v) is 6.96. The van der Waals surface area contributed by atoms with E-state index in [4.69, 9.17) is 0 Å². The maximum atomic E-state index is 12.1. The molecule has 3 heteroatoms. The lowest BCUT2D eigenvalue weighted by Gasteiger charge is -2.06. The van der Waals surface area contributed by atoms with Crippen molar-refractivity contribution in [3.05, 3.63) is 72.6 Å². The van der Waals surface area contributed by atoms with Gasteiger partial charge in [0.05, 0.1) is 0 Å². The van der Waals surface area contributed by atoms with Gasteiger partial charge in [0.15, 0.2) is 12.4 Å². The van der Waals surface area contributed by atoms with Gasteiger partial charge in [0.1, 0.15) is 0 Å². The molecule has 0 atom stereocenters. The Morgan fingerprint density at radius 3 is 2.52 bits per heavy atom. The summed E-state index contributed by atoms with van der Waals surface area (Å²) in [7, 11) is 0. The number of nitrogens with one attached hydrogen (secondary N) is 1. The molecule has 21 heavy (non-hydrogen) atoms. The summed E-state index contributed by atoms with van der Waals surface area (Å²) in [6.07, 6.45) is 3.92. The standard InChI is InChI=1S/C18H16N2O/c1-14-6-2-5-9-17(14)19-18(21)13-20-11-10-15-7-3-4-8-16(15)12-20/h2-12H,13H2,1H3/p+1. The summed E-state index contributed by atoms with van der Waals surface area (Å²) in [4.78, 5) is 12.1. The number of carbonyl (C=O) groups excluding carboxylic acids is 1. The van der Waals surface area contributed by atoms with Crippen LogP contribution in [0.15, 0.2) is 67.0 Å². The number of rotatable bonds is 3. The number of aryl methyl sites for hydroxylation is 1. The van der Waals surface area contributed by atoms with Gasteiger partial charge in [-0.05, 0) is 30.0 Å². The molecule has 2 aromatic carbocycles. The molecule has 1 heterocycles. The Labute approximate surface area is 123 Å². The zero-order valence-corrected chi connectivity index (χ0v) is 11.9. The Morgan fingerprint density at radius 1 is 1.00 bits per heavy atom. The van der Waals surface area contributed by atoms with Crippen molar-refractivity contribution in [3.63, 3.8) is 0 Å². The second-order valence-electron chi connectivity index (χ2n) is 5.11. The van der Waals surface area contributed by atoms with Gasteiger partial charge in [-0.2, -0.15) is 4.57 Å². The van der Waals surface area contributed by atoms with Gasteiger partial charge in [-0.1, -0.05) is 36.4 Å². The zero-order chi connectivity index (χ0) is 14.7. The molecular formula is C18H17N2O+. The molecule has 0 spiro atoms. The number of carbonyl (C=O) groups is 1. The topological polar surface area (TPSA) is 33.0 Å². The third kappa shape index (κ3) is 3.08. The fourth-order valence-corrected chi connectivity index (χ4v) is 2.35. The SMILES string of the molecule is Cc1ccccc1NC(=O)C[n+]1ccc2ccccc2c1. The number of amides is 1. The first-order valence-electron chi connectivity index (χ1n) is 6.96. The second-order valence-corrected chi connectivity index (χ2v) is 5.11. The highest BCUT2D eigenvalue weighted by Gasteiger charge is 2.11. The average Bonchev–Trinajstić information content (AvgIpc) is 2.49. The summed E-state index contributed by atoms with van der Waals surface area (Å²) in [5, 5.41) is 5.25. The zero-order valence-electron chi connectivity index (χ0n) is 11.9. The van der Waals surface area contributed by atoms with Crippen molar-refractivity contribution in [3.8, 4) is 0 Å². The molecule has 0 bridgehead atoms. The van der Waals surface area contributed by atoms with Gasteiger partial charge in [0, 0.05) is 17.1 Å². The van der Waals surface area contributed by atoms with Gasteiger partial charge in [-0.15, -0.1) is 0 Å². The Kier molecular flexibility index (Phi) is 3.65. The Morgan fingerprint density at radius 2 is 1.71 bits per heavy atom. The van der Waals surface area contributed by atoms with Gasteiger partial charge >= 0.3 is 0 Å². The lowest BCUT2D eigenvalue weighted by molar-refractivity contribution is -0.682. The van der Waals surface area contributed by atoms with Crippen LogP contribution in [0.3, 0.4) is 0 Å². The van der Waals surface area contributed by atoms with Crippen LogP contribution in [0.1, 0.15) is 5.56 Å². The molecule has 1 aromatic heterocycles. The quantitative estimate of drug-likeness (QED) is 0.733. The van der Waals surface area contributed by atoms with Gasteiger partial charge in [-0.3, -0.25) is 4.79 Å². The molecule has 3 aromatic rings. The predicted octanol–water partition coefficient (Wildman–Crippen LogP) is 3.07. The minimum atomic E-state index is -0.0235. The van der Waals surface area contributed by atoms with E-state index in [1.165, 1.54) is 5.39 Å². The van der Waals surface area contributed by atoms with E-state index >= 15 is 0 Å². The number of para-hydroxylation sites is 1. The molecule has 1 N–H and O–H groups in total. The van der Waals surface area contributed by atoms with E-state index in [0.717, 1.165) is 16.6 Å². The molecule has 0 saturated carbocycles.